The lowest BCUT2D eigenvalue weighted by molar-refractivity contribution is -0.118. The van der Waals surface area contributed by atoms with Crippen LogP contribution in [0.1, 0.15) is 18.0 Å². The molecule has 1 heterocycles. The number of fused-ring (bicyclic) bond motifs is 1. The van der Waals surface area contributed by atoms with E-state index in [4.69, 9.17) is 10.2 Å². The van der Waals surface area contributed by atoms with Crippen molar-refractivity contribution < 1.29 is 15.0 Å². The highest BCUT2D eigenvalue weighted by Gasteiger charge is 2.05. The van der Waals surface area contributed by atoms with Gasteiger partial charge in [0.2, 0.25) is 5.91 Å². The predicted molar refractivity (Wildman–Crippen MR) is 67.2 cm³/mol. The number of rotatable bonds is 4. The van der Waals surface area contributed by atoms with E-state index in [1.165, 1.54) is 13.3 Å². The number of amides is 1. The van der Waals surface area contributed by atoms with Gasteiger partial charge in [0.15, 0.2) is 0 Å². The van der Waals surface area contributed by atoms with Gasteiger partial charge >= 0.3 is 0 Å². The average Bonchev–Trinajstić information content (AvgIpc) is 2.79. The Kier molecular flexibility index (Phi) is 2.13. The van der Waals surface area contributed by atoms with Gasteiger partial charge < -0.3 is 15.0 Å². The summed E-state index contributed by atoms with van der Waals surface area (Å²) in [4.78, 5) is 14.0. The predicted octanol–water partition coefficient (Wildman–Crippen LogP) is 1.86. The molecular formula is C13H16N2O2. The number of benzene rings is 1. The van der Waals surface area contributed by atoms with E-state index < -0.39 is 18.8 Å². The Morgan fingerprint density at radius 2 is 2.41 bits per heavy atom. The van der Waals surface area contributed by atoms with Gasteiger partial charge in [-0.05, 0) is 30.1 Å². The number of H-pyrrole nitrogens is 1. The Labute approximate surface area is 106 Å². The summed E-state index contributed by atoms with van der Waals surface area (Å²) in [5.74, 6) is -0.0967. The zero-order valence-corrected chi connectivity index (χ0v) is 9.63. The molecule has 2 rings (SSSR count). The molecule has 1 amide bonds. The summed E-state index contributed by atoms with van der Waals surface area (Å²) in [6, 6.07) is 5.07. The minimum absolute atomic E-state index is 0.121. The van der Waals surface area contributed by atoms with E-state index in [1.807, 2.05) is 5.32 Å². The molecule has 0 aliphatic carbocycles. The summed E-state index contributed by atoms with van der Waals surface area (Å²) in [7, 11) is 1.50. The number of aryl methyl sites for hydroxylation is 1. The van der Waals surface area contributed by atoms with Gasteiger partial charge in [-0.1, -0.05) is 0 Å². The molecule has 0 spiro atoms. The van der Waals surface area contributed by atoms with Crippen LogP contribution < -0.4 is 10.1 Å². The molecule has 1 aromatic carbocycles. The second-order valence-corrected chi connectivity index (χ2v) is 3.55. The Morgan fingerprint density at radius 3 is 3.12 bits per heavy atom. The van der Waals surface area contributed by atoms with E-state index in [0.717, 1.165) is 6.92 Å². The van der Waals surface area contributed by atoms with E-state index >= 15 is 0 Å². The monoisotopic (exact) mass is 237 g/mol. The molecule has 2 N–H and O–H groups in total. The number of hydrogen-bond donors (Lipinski definition) is 2. The number of ether oxygens (including phenoxy) is 1. The third-order valence-corrected chi connectivity index (χ3v) is 2.32. The van der Waals surface area contributed by atoms with Crippen molar-refractivity contribution >= 4 is 16.8 Å². The number of aromatic nitrogens is 1. The van der Waals surface area contributed by atoms with Crippen molar-refractivity contribution in [2.24, 2.45) is 0 Å². The molecule has 0 unspecified atom stereocenters. The number of carbonyl (C=O) groups is 1. The van der Waals surface area contributed by atoms with Crippen molar-refractivity contribution in [3.8, 4) is 5.75 Å². The van der Waals surface area contributed by atoms with Crippen LogP contribution in [0.3, 0.4) is 0 Å². The lowest BCUT2D eigenvalue weighted by Gasteiger charge is -2.03. The number of methoxy groups -OCH3 is 1. The SMILES string of the molecule is [2H]C([2H])(NC(C)=O)[13C]([2H])([2H])c1c[nH]c2ccc(OC)cc12. The van der Waals surface area contributed by atoms with E-state index in [1.54, 1.807) is 18.2 Å². The summed E-state index contributed by atoms with van der Waals surface area (Å²) >= 11 is 0. The minimum Gasteiger partial charge on any atom is -0.497 e. The largest absolute Gasteiger partial charge is 0.497 e. The van der Waals surface area contributed by atoms with Gasteiger partial charge in [0.05, 0.1) is 7.11 Å². The van der Waals surface area contributed by atoms with Crippen LogP contribution in [0.15, 0.2) is 24.4 Å². The summed E-state index contributed by atoms with van der Waals surface area (Å²) in [6.45, 7) is -1.40. The van der Waals surface area contributed by atoms with Crippen molar-refractivity contribution in [2.75, 3.05) is 13.6 Å². The van der Waals surface area contributed by atoms with E-state index in [0.29, 0.717) is 16.7 Å². The molecule has 0 bridgehead atoms. The molecule has 0 saturated heterocycles. The molecule has 0 radical (unpaired) electrons. The van der Waals surface area contributed by atoms with Crippen molar-refractivity contribution in [3.05, 3.63) is 30.0 Å². The van der Waals surface area contributed by atoms with Gasteiger partial charge in [0, 0.05) is 36.0 Å². The molecule has 4 heteroatoms. The van der Waals surface area contributed by atoms with Crippen LogP contribution in [0.5, 0.6) is 5.75 Å². The Bertz CT molecular complexity index is 682. The highest BCUT2D eigenvalue weighted by molar-refractivity contribution is 5.84. The lowest BCUT2D eigenvalue weighted by atomic mass is 10.2. The third kappa shape index (κ3) is 2.58. The molecule has 17 heavy (non-hydrogen) atoms. The molecule has 1 aromatic heterocycles. The van der Waals surface area contributed by atoms with Crippen LogP contribution in [0.4, 0.5) is 0 Å². The fourth-order valence-electron chi connectivity index (χ4n) is 1.52. The first-order valence-electron chi connectivity index (χ1n) is 7.13. The number of nitrogens with one attached hydrogen (secondary N) is 2. The molecule has 90 valence electrons. The van der Waals surface area contributed by atoms with Crippen LogP contribution >= 0.6 is 0 Å². The van der Waals surface area contributed by atoms with Gasteiger partial charge in [-0.15, -0.1) is 0 Å². The highest BCUT2D eigenvalue weighted by atomic mass is 16.5. The van der Waals surface area contributed by atoms with Crippen molar-refractivity contribution in [1.29, 1.82) is 0 Å². The molecule has 0 aliphatic heterocycles. The second-order valence-electron chi connectivity index (χ2n) is 3.55. The molecule has 0 aliphatic rings. The minimum atomic E-state index is -2.54. The van der Waals surface area contributed by atoms with Crippen LogP contribution in [0.2, 0.25) is 0 Å². The molecule has 0 saturated carbocycles. The highest BCUT2D eigenvalue weighted by Crippen LogP contribution is 2.23. The van der Waals surface area contributed by atoms with Crippen LogP contribution in [-0.2, 0) is 11.2 Å². The number of carbonyl (C=O) groups excluding carboxylic acids is 1. The average molecular weight is 237 g/mol. The van der Waals surface area contributed by atoms with E-state index in [9.17, 15) is 4.79 Å². The van der Waals surface area contributed by atoms with E-state index in [-0.39, 0.29) is 5.56 Å². The Hall–Kier alpha value is -1.97. The van der Waals surface area contributed by atoms with Crippen LogP contribution in [-0.4, -0.2) is 24.5 Å². The zero-order chi connectivity index (χ0) is 15.8. The van der Waals surface area contributed by atoms with E-state index in [2.05, 4.69) is 4.98 Å². The maximum Gasteiger partial charge on any atom is 0.216 e. The van der Waals surface area contributed by atoms with Crippen molar-refractivity contribution in [1.82, 2.24) is 10.3 Å². The maximum atomic E-state index is 11.1. The van der Waals surface area contributed by atoms with Gasteiger partial charge in [0.25, 0.3) is 0 Å². The second kappa shape index (κ2) is 4.91. The lowest BCUT2D eigenvalue weighted by Crippen LogP contribution is -2.22. The fraction of sp³-hybridized carbons (Fsp3) is 0.308. The topological polar surface area (TPSA) is 54.1 Å². The Morgan fingerprint density at radius 1 is 1.59 bits per heavy atom. The van der Waals surface area contributed by atoms with Gasteiger partial charge in [-0.25, -0.2) is 0 Å². The smallest absolute Gasteiger partial charge is 0.216 e. The maximum absolute atomic E-state index is 11.1. The first-order chi connectivity index (χ1) is 9.69. The summed E-state index contributed by atoms with van der Waals surface area (Å²) < 4.78 is 37.0. The van der Waals surface area contributed by atoms with Crippen molar-refractivity contribution in [2.45, 2.75) is 13.3 Å². The molecular weight excluding hydrogens is 217 g/mol. The number of hydrogen-bond acceptors (Lipinski definition) is 2. The number of aromatic amines is 1. The zero-order valence-electron chi connectivity index (χ0n) is 13.6. The molecule has 0 fully saturated rings. The van der Waals surface area contributed by atoms with Gasteiger partial charge in [-0.2, -0.15) is 0 Å². The van der Waals surface area contributed by atoms with Gasteiger partial charge in [-0.3, -0.25) is 4.79 Å². The third-order valence-electron chi connectivity index (χ3n) is 2.32. The molecule has 4 nitrogen and oxygen atoms in total. The summed E-state index contributed by atoms with van der Waals surface area (Å²) in [5.41, 5.74) is 0.781. The first kappa shape index (κ1) is 7.37. The van der Waals surface area contributed by atoms with Crippen LogP contribution in [0.25, 0.3) is 10.9 Å². The molecule has 2 aromatic rings. The van der Waals surface area contributed by atoms with Gasteiger partial charge in [0.1, 0.15) is 5.75 Å². The Balaban J connectivity index is 2.56. The standard InChI is InChI=1S/C13H16N2O2/c1-9(16)14-6-5-10-8-15-13-4-3-11(17-2)7-12(10)13/h3-4,7-8,15H,5-6H2,1-2H3,(H,14,16)/i5+1D2,6D2. The summed E-state index contributed by atoms with van der Waals surface area (Å²) in [6.07, 6.45) is -1.01. The van der Waals surface area contributed by atoms with Crippen molar-refractivity contribution in [3.63, 3.8) is 0 Å². The fourth-order valence-corrected chi connectivity index (χ4v) is 1.52. The normalized spacial score (nSPS) is 15.6. The van der Waals surface area contributed by atoms with Crippen LogP contribution in [0, 0.1) is 0 Å². The quantitative estimate of drug-likeness (QED) is 0.797. The molecule has 0 atom stereocenters. The summed E-state index contributed by atoms with van der Waals surface area (Å²) in [5, 5.41) is 2.52. The first-order valence-corrected chi connectivity index (χ1v) is 5.13.